The lowest BCUT2D eigenvalue weighted by Crippen LogP contribution is -2.45. The number of carbonyl (C=O) groups excluding carboxylic acids is 2. The van der Waals surface area contributed by atoms with E-state index in [4.69, 9.17) is 5.11 Å². The van der Waals surface area contributed by atoms with E-state index < -0.39 is 0 Å². The van der Waals surface area contributed by atoms with Crippen LogP contribution in [0.4, 0.5) is 0 Å². The highest BCUT2D eigenvalue weighted by atomic mass is 16.3. The summed E-state index contributed by atoms with van der Waals surface area (Å²) in [6.07, 6.45) is 2.10. The number of H-pyrrole nitrogens is 1. The zero-order chi connectivity index (χ0) is 19.2. The Morgan fingerprint density at radius 1 is 1.33 bits per heavy atom. The number of nitrogens with one attached hydrogen (secondary N) is 2. The summed E-state index contributed by atoms with van der Waals surface area (Å²) < 4.78 is 0. The van der Waals surface area contributed by atoms with Crippen molar-refractivity contribution in [3.05, 3.63) is 41.6 Å². The first-order valence-corrected chi connectivity index (χ1v) is 9.39. The average molecular weight is 370 g/mol. The highest BCUT2D eigenvalue weighted by Gasteiger charge is 2.29. The molecule has 144 valence electrons. The van der Waals surface area contributed by atoms with Crippen LogP contribution in [-0.2, 0) is 4.79 Å². The van der Waals surface area contributed by atoms with Gasteiger partial charge in [0.15, 0.2) is 0 Å². The number of piperidine rings is 1. The molecule has 7 nitrogen and oxygen atoms in total. The van der Waals surface area contributed by atoms with Gasteiger partial charge >= 0.3 is 0 Å². The van der Waals surface area contributed by atoms with Crippen molar-refractivity contribution in [3.63, 3.8) is 0 Å². The Bertz CT molecular complexity index is 785. The van der Waals surface area contributed by atoms with Crippen molar-refractivity contribution in [2.75, 3.05) is 26.2 Å². The maximum atomic E-state index is 12.8. The van der Waals surface area contributed by atoms with Gasteiger partial charge in [0, 0.05) is 31.8 Å². The fraction of sp³-hybridized carbons (Fsp3) is 0.450. The fourth-order valence-electron chi connectivity index (χ4n) is 3.28. The number of benzene rings is 1. The second kappa shape index (κ2) is 8.81. The smallest absolute Gasteiger partial charge is 0.271 e. The molecule has 0 aliphatic carbocycles. The van der Waals surface area contributed by atoms with Gasteiger partial charge in [-0.25, -0.2) is 0 Å². The van der Waals surface area contributed by atoms with E-state index in [1.807, 2.05) is 31.2 Å². The highest BCUT2D eigenvalue weighted by Crippen LogP contribution is 2.21. The quantitative estimate of drug-likeness (QED) is 0.675. The van der Waals surface area contributed by atoms with Crippen molar-refractivity contribution in [1.82, 2.24) is 20.4 Å². The van der Waals surface area contributed by atoms with Crippen LogP contribution in [0.15, 0.2) is 30.3 Å². The van der Waals surface area contributed by atoms with Gasteiger partial charge in [0.05, 0.1) is 11.6 Å². The largest absolute Gasteiger partial charge is 0.396 e. The number of hydrogen-bond donors (Lipinski definition) is 3. The zero-order valence-corrected chi connectivity index (χ0v) is 15.6. The highest BCUT2D eigenvalue weighted by molar-refractivity contribution is 5.94. The summed E-state index contributed by atoms with van der Waals surface area (Å²) in [5, 5.41) is 18.7. The summed E-state index contributed by atoms with van der Waals surface area (Å²) >= 11 is 0. The monoisotopic (exact) mass is 370 g/mol. The van der Waals surface area contributed by atoms with E-state index in [1.54, 1.807) is 11.0 Å². The predicted octanol–water partition coefficient (Wildman–Crippen LogP) is 1.74. The number of hydrogen-bond acceptors (Lipinski definition) is 4. The molecule has 1 fully saturated rings. The minimum absolute atomic E-state index is 0.0501. The maximum Gasteiger partial charge on any atom is 0.271 e. The Morgan fingerprint density at radius 2 is 2.11 bits per heavy atom. The van der Waals surface area contributed by atoms with Crippen LogP contribution < -0.4 is 5.32 Å². The van der Waals surface area contributed by atoms with E-state index in [-0.39, 0.29) is 24.3 Å². The van der Waals surface area contributed by atoms with Crippen molar-refractivity contribution in [2.45, 2.75) is 26.2 Å². The fourth-order valence-corrected chi connectivity index (χ4v) is 3.28. The van der Waals surface area contributed by atoms with Crippen molar-refractivity contribution in [1.29, 1.82) is 0 Å². The average Bonchev–Trinajstić information content (AvgIpc) is 3.18. The molecule has 2 heterocycles. The van der Waals surface area contributed by atoms with Crippen molar-refractivity contribution < 1.29 is 14.7 Å². The van der Waals surface area contributed by atoms with Gasteiger partial charge in [0.1, 0.15) is 5.69 Å². The van der Waals surface area contributed by atoms with E-state index in [0.717, 1.165) is 24.1 Å². The Hall–Kier alpha value is -2.67. The van der Waals surface area contributed by atoms with Crippen LogP contribution in [0.1, 0.15) is 35.3 Å². The molecule has 2 aromatic rings. The second-order valence-corrected chi connectivity index (χ2v) is 6.99. The normalized spacial score (nSPS) is 17.0. The number of aliphatic hydroxyl groups is 1. The van der Waals surface area contributed by atoms with Crippen LogP contribution >= 0.6 is 0 Å². The van der Waals surface area contributed by atoms with Gasteiger partial charge in [-0.05, 0) is 32.3 Å². The number of nitrogens with zero attached hydrogens (tertiary/aromatic N) is 2. The molecule has 1 aliphatic rings. The molecule has 2 amide bonds. The molecule has 0 unspecified atom stereocenters. The molecule has 1 aromatic carbocycles. The third-order valence-corrected chi connectivity index (χ3v) is 4.87. The molecule has 1 atom stereocenters. The number of aromatic nitrogens is 2. The standard InChI is InChI=1S/C20H26N4O3/c1-14-5-7-15(8-6-14)17-12-18(23-22-17)20(27)24-10-2-4-16(13-24)19(26)21-9-3-11-25/h5-8,12,16,25H,2-4,9-11,13H2,1H3,(H,21,26)(H,22,23)/t16-/m0/s1. The summed E-state index contributed by atoms with van der Waals surface area (Å²) in [6, 6.07) is 9.74. The number of aliphatic hydroxyl groups excluding tert-OH is 1. The van der Waals surface area contributed by atoms with Crippen molar-refractivity contribution in [2.24, 2.45) is 5.92 Å². The topological polar surface area (TPSA) is 98.3 Å². The molecule has 0 saturated carbocycles. The number of rotatable bonds is 6. The van der Waals surface area contributed by atoms with Gasteiger partial charge in [-0.15, -0.1) is 0 Å². The van der Waals surface area contributed by atoms with Crippen LogP contribution in [0, 0.1) is 12.8 Å². The van der Waals surface area contributed by atoms with E-state index in [9.17, 15) is 9.59 Å². The number of amides is 2. The maximum absolute atomic E-state index is 12.8. The zero-order valence-electron chi connectivity index (χ0n) is 15.6. The minimum Gasteiger partial charge on any atom is -0.396 e. The lowest BCUT2D eigenvalue weighted by Gasteiger charge is -2.31. The molecule has 1 aromatic heterocycles. The Labute approximate surface area is 158 Å². The van der Waals surface area contributed by atoms with Gasteiger partial charge in [0.25, 0.3) is 5.91 Å². The third-order valence-electron chi connectivity index (χ3n) is 4.87. The molecular formula is C20H26N4O3. The molecule has 7 heteroatoms. The Kier molecular flexibility index (Phi) is 6.24. The van der Waals surface area contributed by atoms with Crippen LogP contribution in [-0.4, -0.2) is 58.3 Å². The summed E-state index contributed by atoms with van der Waals surface area (Å²) in [5.74, 6) is -0.388. The van der Waals surface area contributed by atoms with Gasteiger partial charge in [0.2, 0.25) is 5.91 Å². The molecule has 27 heavy (non-hydrogen) atoms. The van der Waals surface area contributed by atoms with E-state index in [0.29, 0.717) is 31.7 Å². The third kappa shape index (κ3) is 4.74. The summed E-state index contributed by atoms with van der Waals surface area (Å²) in [6.45, 7) is 3.58. The molecule has 3 N–H and O–H groups in total. The Morgan fingerprint density at radius 3 is 2.85 bits per heavy atom. The molecule has 1 aliphatic heterocycles. The molecule has 0 spiro atoms. The van der Waals surface area contributed by atoms with E-state index >= 15 is 0 Å². The van der Waals surface area contributed by atoms with Crippen LogP contribution in [0.3, 0.4) is 0 Å². The minimum atomic E-state index is -0.208. The number of aryl methyl sites for hydroxylation is 1. The number of carbonyl (C=O) groups is 2. The first-order chi connectivity index (χ1) is 13.1. The lowest BCUT2D eigenvalue weighted by molar-refractivity contribution is -0.126. The molecule has 3 rings (SSSR count). The van der Waals surface area contributed by atoms with Crippen LogP contribution in [0.5, 0.6) is 0 Å². The van der Waals surface area contributed by atoms with Crippen molar-refractivity contribution >= 4 is 11.8 Å². The van der Waals surface area contributed by atoms with Gasteiger partial charge in [-0.2, -0.15) is 5.10 Å². The SMILES string of the molecule is Cc1ccc(-c2cc(C(=O)N3CCC[C@H](C(=O)NCCCO)C3)[nH]n2)cc1. The van der Waals surface area contributed by atoms with Crippen molar-refractivity contribution in [3.8, 4) is 11.3 Å². The predicted molar refractivity (Wildman–Crippen MR) is 102 cm³/mol. The molecule has 0 bridgehead atoms. The molecule has 0 radical (unpaired) electrons. The summed E-state index contributed by atoms with van der Waals surface area (Å²) in [4.78, 5) is 26.8. The van der Waals surface area contributed by atoms with E-state index in [1.165, 1.54) is 5.56 Å². The number of aromatic amines is 1. The molecule has 1 saturated heterocycles. The first-order valence-electron chi connectivity index (χ1n) is 9.39. The van der Waals surface area contributed by atoms with Gasteiger partial charge in [-0.1, -0.05) is 29.8 Å². The second-order valence-electron chi connectivity index (χ2n) is 6.99. The number of likely N-dealkylation sites (tertiary alicyclic amines) is 1. The first kappa shape index (κ1) is 19.1. The Balaban J connectivity index is 1.63. The van der Waals surface area contributed by atoms with Gasteiger partial charge in [-0.3, -0.25) is 14.7 Å². The molecular weight excluding hydrogens is 344 g/mol. The summed E-state index contributed by atoms with van der Waals surface area (Å²) in [7, 11) is 0. The van der Waals surface area contributed by atoms with E-state index in [2.05, 4.69) is 15.5 Å². The van der Waals surface area contributed by atoms with Gasteiger partial charge < -0.3 is 15.3 Å². The van der Waals surface area contributed by atoms with Crippen LogP contribution in [0.2, 0.25) is 0 Å². The lowest BCUT2D eigenvalue weighted by atomic mass is 9.96. The summed E-state index contributed by atoms with van der Waals surface area (Å²) in [5.41, 5.74) is 3.29. The van der Waals surface area contributed by atoms with Crippen LogP contribution in [0.25, 0.3) is 11.3 Å².